The highest BCUT2D eigenvalue weighted by atomic mass is 15.3. The van der Waals surface area contributed by atoms with E-state index in [-0.39, 0.29) is 0 Å². The van der Waals surface area contributed by atoms with Crippen molar-refractivity contribution >= 4 is 0 Å². The van der Waals surface area contributed by atoms with Gasteiger partial charge in [0.1, 0.15) is 0 Å². The highest BCUT2D eigenvalue weighted by Crippen LogP contribution is 2.21. The van der Waals surface area contributed by atoms with Gasteiger partial charge in [0.05, 0.1) is 17.9 Å². The van der Waals surface area contributed by atoms with Crippen LogP contribution in [0.1, 0.15) is 37.9 Å². The first kappa shape index (κ1) is 11.6. The van der Waals surface area contributed by atoms with Crippen LogP contribution in [0.15, 0.2) is 24.4 Å². The lowest BCUT2D eigenvalue weighted by Gasteiger charge is -2.36. The Morgan fingerprint density at radius 3 is 2.94 bits per heavy atom. The molecule has 3 heteroatoms. The average molecular weight is 219 g/mol. The Hall–Kier alpha value is -0.930. The van der Waals surface area contributed by atoms with Crippen molar-refractivity contribution in [3.8, 4) is 0 Å². The van der Waals surface area contributed by atoms with Crippen LogP contribution in [-0.2, 0) is 0 Å². The molecule has 88 valence electrons. The molecule has 16 heavy (non-hydrogen) atoms. The van der Waals surface area contributed by atoms with Gasteiger partial charge in [-0.1, -0.05) is 6.07 Å². The zero-order valence-corrected chi connectivity index (χ0v) is 10.2. The number of nitrogens with one attached hydrogen (secondary N) is 1. The van der Waals surface area contributed by atoms with Gasteiger partial charge >= 0.3 is 0 Å². The molecular formula is C13H21N3. The predicted molar refractivity (Wildman–Crippen MR) is 66.1 cm³/mol. The number of hydrogen-bond donors (Lipinski definition) is 1. The predicted octanol–water partition coefficient (Wildman–Crippen LogP) is 2.17. The van der Waals surface area contributed by atoms with Crippen molar-refractivity contribution in [1.29, 1.82) is 0 Å². The van der Waals surface area contributed by atoms with Gasteiger partial charge in [0.15, 0.2) is 0 Å². The third kappa shape index (κ3) is 2.60. The summed E-state index contributed by atoms with van der Waals surface area (Å²) in [7, 11) is 2.18. The van der Waals surface area contributed by atoms with Crippen LogP contribution in [0, 0.1) is 0 Å². The summed E-state index contributed by atoms with van der Waals surface area (Å²) in [5.41, 5.74) is 1.15. The van der Waals surface area contributed by atoms with E-state index in [2.05, 4.69) is 41.3 Å². The molecule has 0 aromatic carbocycles. The van der Waals surface area contributed by atoms with Gasteiger partial charge in [0.2, 0.25) is 0 Å². The minimum atomic E-state index is 0.372. The van der Waals surface area contributed by atoms with Crippen molar-refractivity contribution in [2.24, 2.45) is 0 Å². The lowest BCUT2D eigenvalue weighted by Crippen LogP contribution is -2.47. The molecule has 1 fully saturated rings. The quantitative estimate of drug-likeness (QED) is 0.844. The van der Waals surface area contributed by atoms with Crippen LogP contribution in [0.3, 0.4) is 0 Å². The smallest absolute Gasteiger partial charge is 0.0600 e. The molecule has 2 atom stereocenters. The largest absolute Gasteiger partial charge is 0.302 e. The number of rotatable bonds is 3. The first-order valence-corrected chi connectivity index (χ1v) is 6.15. The van der Waals surface area contributed by atoms with E-state index < -0.39 is 0 Å². The summed E-state index contributed by atoms with van der Waals surface area (Å²) in [6.45, 7) is 3.36. The molecule has 0 aliphatic carbocycles. The summed E-state index contributed by atoms with van der Waals surface area (Å²) in [5.74, 6) is 0. The van der Waals surface area contributed by atoms with Gasteiger partial charge < -0.3 is 5.32 Å². The Morgan fingerprint density at radius 2 is 2.31 bits per heavy atom. The monoisotopic (exact) mass is 219 g/mol. The molecule has 1 aliphatic heterocycles. The minimum absolute atomic E-state index is 0.372. The van der Waals surface area contributed by atoms with Crippen LogP contribution in [0.2, 0.25) is 0 Å². The van der Waals surface area contributed by atoms with Gasteiger partial charge in [-0.2, -0.15) is 0 Å². The summed E-state index contributed by atoms with van der Waals surface area (Å²) in [5, 5.41) is 3.57. The first-order chi connectivity index (χ1) is 7.79. The molecule has 2 rings (SSSR count). The molecule has 1 N–H and O–H groups in total. The van der Waals surface area contributed by atoms with Crippen molar-refractivity contribution in [1.82, 2.24) is 15.2 Å². The molecule has 0 radical (unpaired) electrons. The minimum Gasteiger partial charge on any atom is -0.302 e. The standard InChI is InChI=1S/C13H21N3/c1-11(12-7-3-5-9-14-12)16(2)13-8-4-6-10-15-13/h3,5,7,9,11,13,15H,4,6,8,10H2,1-2H3/t11-,13+/m1/s1. The summed E-state index contributed by atoms with van der Waals surface area (Å²) >= 11 is 0. The number of pyridine rings is 1. The van der Waals surface area contributed by atoms with Gasteiger partial charge in [-0.25, -0.2) is 0 Å². The van der Waals surface area contributed by atoms with E-state index in [0.29, 0.717) is 12.2 Å². The Bertz CT molecular complexity index is 306. The second-order valence-electron chi connectivity index (χ2n) is 4.56. The Balaban J connectivity index is 2.00. The Labute approximate surface area is 97.9 Å². The van der Waals surface area contributed by atoms with Crippen molar-refractivity contribution in [3.05, 3.63) is 30.1 Å². The van der Waals surface area contributed by atoms with E-state index >= 15 is 0 Å². The molecule has 0 saturated carbocycles. The third-order valence-corrected chi connectivity index (χ3v) is 3.50. The van der Waals surface area contributed by atoms with Gasteiger partial charge in [-0.15, -0.1) is 0 Å². The van der Waals surface area contributed by atoms with Crippen LogP contribution < -0.4 is 5.32 Å². The van der Waals surface area contributed by atoms with E-state index in [4.69, 9.17) is 0 Å². The van der Waals surface area contributed by atoms with Gasteiger partial charge in [-0.3, -0.25) is 9.88 Å². The fourth-order valence-electron chi connectivity index (χ4n) is 2.28. The molecule has 0 bridgehead atoms. The number of hydrogen-bond acceptors (Lipinski definition) is 3. The van der Waals surface area contributed by atoms with E-state index in [9.17, 15) is 0 Å². The van der Waals surface area contributed by atoms with Crippen LogP contribution in [0.5, 0.6) is 0 Å². The van der Waals surface area contributed by atoms with Crippen LogP contribution in [0.4, 0.5) is 0 Å². The Morgan fingerprint density at radius 1 is 1.44 bits per heavy atom. The summed E-state index contributed by atoms with van der Waals surface area (Å²) in [4.78, 5) is 6.82. The topological polar surface area (TPSA) is 28.2 Å². The van der Waals surface area contributed by atoms with Gasteiger partial charge in [0.25, 0.3) is 0 Å². The first-order valence-electron chi connectivity index (χ1n) is 6.15. The second kappa shape index (κ2) is 5.41. The summed E-state index contributed by atoms with van der Waals surface area (Å²) in [6.07, 6.45) is 6.26. The fraction of sp³-hybridized carbons (Fsp3) is 0.615. The maximum Gasteiger partial charge on any atom is 0.0600 e. The highest BCUT2D eigenvalue weighted by Gasteiger charge is 2.22. The van der Waals surface area contributed by atoms with Crippen LogP contribution >= 0.6 is 0 Å². The normalized spacial score (nSPS) is 23.3. The average Bonchev–Trinajstić information content (AvgIpc) is 2.39. The van der Waals surface area contributed by atoms with Crippen LogP contribution in [0.25, 0.3) is 0 Å². The van der Waals surface area contributed by atoms with E-state index in [1.807, 2.05) is 12.3 Å². The van der Waals surface area contributed by atoms with E-state index in [1.54, 1.807) is 0 Å². The number of nitrogens with zero attached hydrogens (tertiary/aromatic N) is 2. The fourth-order valence-corrected chi connectivity index (χ4v) is 2.28. The molecular weight excluding hydrogens is 198 g/mol. The maximum absolute atomic E-state index is 4.43. The molecule has 1 aliphatic rings. The van der Waals surface area contributed by atoms with Gasteiger partial charge in [0, 0.05) is 6.20 Å². The summed E-state index contributed by atoms with van der Waals surface area (Å²) < 4.78 is 0. The zero-order valence-electron chi connectivity index (χ0n) is 10.2. The summed E-state index contributed by atoms with van der Waals surface area (Å²) in [6, 6.07) is 6.50. The van der Waals surface area contributed by atoms with Crippen molar-refractivity contribution in [2.45, 2.75) is 38.4 Å². The van der Waals surface area contributed by atoms with E-state index in [1.165, 1.54) is 19.3 Å². The number of piperidine rings is 1. The van der Waals surface area contributed by atoms with Gasteiger partial charge in [-0.05, 0) is 51.9 Å². The van der Waals surface area contributed by atoms with E-state index in [0.717, 1.165) is 12.2 Å². The Kier molecular flexibility index (Phi) is 3.91. The maximum atomic E-state index is 4.43. The van der Waals surface area contributed by atoms with Crippen LogP contribution in [-0.4, -0.2) is 29.6 Å². The molecule has 0 spiro atoms. The second-order valence-corrected chi connectivity index (χ2v) is 4.56. The molecule has 1 aromatic rings. The molecule has 1 aromatic heterocycles. The zero-order chi connectivity index (χ0) is 11.4. The lowest BCUT2D eigenvalue weighted by molar-refractivity contribution is 0.126. The number of aromatic nitrogens is 1. The molecule has 1 saturated heterocycles. The molecule has 3 nitrogen and oxygen atoms in total. The third-order valence-electron chi connectivity index (χ3n) is 3.50. The highest BCUT2D eigenvalue weighted by molar-refractivity contribution is 5.08. The van der Waals surface area contributed by atoms with Crippen molar-refractivity contribution < 1.29 is 0 Å². The molecule has 0 amide bonds. The lowest BCUT2D eigenvalue weighted by atomic mass is 10.1. The molecule has 0 unspecified atom stereocenters. The van der Waals surface area contributed by atoms with Crippen molar-refractivity contribution in [2.75, 3.05) is 13.6 Å². The molecule has 2 heterocycles. The SMILES string of the molecule is C[C@H](c1ccccn1)N(C)[C@H]1CCCCN1. The van der Waals surface area contributed by atoms with Crippen molar-refractivity contribution in [3.63, 3.8) is 0 Å².